The highest BCUT2D eigenvalue weighted by Gasteiger charge is 1.98. The minimum Gasteiger partial charge on any atom is -0.497 e. The first kappa shape index (κ1) is 10.6. The van der Waals surface area contributed by atoms with Crippen molar-refractivity contribution in [3.8, 4) is 17.6 Å². The Morgan fingerprint density at radius 3 is 3.00 bits per heavy atom. The number of carbonyl (C=O) groups is 1. The maximum absolute atomic E-state index is 10.0. The van der Waals surface area contributed by atoms with Gasteiger partial charge in [0.15, 0.2) is 0 Å². The van der Waals surface area contributed by atoms with Crippen molar-refractivity contribution >= 4 is 17.9 Å². The summed E-state index contributed by atoms with van der Waals surface area (Å²) in [6, 6.07) is 5.21. The van der Waals surface area contributed by atoms with Gasteiger partial charge in [0.05, 0.1) is 18.6 Å². The summed E-state index contributed by atoms with van der Waals surface area (Å²) in [6.45, 7) is 0. The third-order valence-electron chi connectivity index (χ3n) is 1.58. The zero-order valence-corrected chi connectivity index (χ0v) is 8.47. The van der Waals surface area contributed by atoms with Crippen molar-refractivity contribution in [3.63, 3.8) is 0 Å². The van der Waals surface area contributed by atoms with Crippen LogP contribution in [-0.2, 0) is 4.79 Å². The van der Waals surface area contributed by atoms with Gasteiger partial charge in [-0.2, -0.15) is 0 Å². The van der Waals surface area contributed by atoms with Gasteiger partial charge in [-0.1, -0.05) is 23.4 Å². The van der Waals surface area contributed by atoms with Crippen molar-refractivity contribution in [2.75, 3.05) is 7.11 Å². The number of hydrogen-bond donors (Lipinski definition) is 0. The van der Waals surface area contributed by atoms with Crippen LogP contribution in [0.25, 0.3) is 0 Å². The molecule has 3 heteroatoms. The second-order valence-electron chi connectivity index (χ2n) is 2.52. The summed E-state index contributed by atoms with van der Waals surface area (Å²) in [6.07, 6.45) is 0.967. The van der Waals surface area contributed by atoms with Crippen molar-refractivity contribution in [1.82, 2.24) is 0 Å². The molecule has 0 spiro atoms. The van der Waals surface area contributed by atoms with Crippen LogP contribution in [0.15, 0.2) is 18.2 Å². The molecule has 0 aliphatic carbocycles. The molecule has 0 saturated carbocycles. The van der Waals surface area contributed by atoms with Gasteiger partial charge in [0.25, 0.3) is 0 Å². The molecule has 0 bridgehead atoms. The molecule has 0 N–H and O–H groups in total. The molecule has 0 unspecified atom stereocenters. The Bertz CT molecular complexity index is 388. The molecule has 0 saturated heterocycles. The summed E-state index contributed by atoms with van der Waals surface area (Å²) in [5, 5.41) is 0.559. The molecule has 72 valence electrons. The first-order valence-corrected chi connectivity index (χ1v) is 4.41. The number of benzene rings is 1. The fraction of sp³-hybridized carbons (Fsp3) is 0.182. The second kappa shape index (κ2) is 5.31. The van der Waals surface area contributed by atoms with Crippen LogP contribution in [0.2, 0.25) is 5.02 Å². The van der Waals surface area contributed by atoms with Gasteiger partial charge in [-0.15, -0.1) is 0 Å². The highest BCUT2D eigenvalue weighted by molar-refractivity contribution is 6.31. The van der Waals surface area contributed by atoms with Gasteiger partial charge in [-0.05, 0) is 18.2 Å². The maximum Gasteiger partial charge on any atom is 0.131 e. The molecule has 1 rings (SSSR count). The maximum atomic E-state index is 10.0. The molecule has 14 heavy (non-hydrogen) atoms. The predicted octanol–water partition coefficient (Wildman–Crippen LogP) is 2.29. The van der Waals surface area contributed by atoms with E-state index in [0.29, 0.717) is 16.3 Å². The molecule has 0 aliphatic rings. The average molecular weight is 209 g/mol. The van der Waals surface area contributed by atoms with Crippen molar-refractivity contribution in [2.24, 2.45) is 0 Å². The van der Waals surface area contributed by atoms with Crippen LogP contribution >= 0.6 is 11.6 Å². The number of rotatable bonds is 2. The highest BCUT2D eigenvalue weighted by atomic mass is 35.5. The highest BCUT2D eigenvalue weighted by Crippen LogP contribution is 2.20. The smallest absolute Gasteiger partial charge is 0.131 e. The average Bonchev–Trinajstić information content (AvgIpc) is 2.21. The summed E-state index contributed by atoms with van der Waals surface area (Å²) < 4.78 is 5.02. The van der Waals surface area contributed by atoms with Crippen LogP contribution in [-0.4, -0.2) is 13.4 Å². The lowest BCUT2D eigenvalue weighted by Crippen LogP contribution is -1.84. The van der Waals surface area contributed by atoms with Crippen molar-refractivity contribution < 1.29 is 9.53 Å². The first-order valence-electron chi connectivity index (χ1n) is 4.04. The van der Waals surface area contributed by atoms with Crippen LogP contribution in [0, 0.1) is 11.8 Å². The Labute approximate surface area is 87.8 Å². The van der Waals surface area contributed by atoms with Gasteiger partial charge in [-0.25, -0.2) is 0 Å². The van der Waals surface area contributed by atoms with E-state index in [1.165, 1.54) is 0 Å². The number of methoxy groups -OCH3 is 1. The molecular weight excluding hydrogens is 200 g/mol. The summed E-state index contributed by atoms with van der Waals surface area (Å²) in [4.78, 5) is 10.0. The SMILES string of the molecule is COc1ccc(Cl)c(C#CCC=O)c1. The summed E-state index contributed by atoms with van der Waals surface area (Å²) in [5.74, 6) is 6.18. The normalized spacial score (nSPS) is 8.71. The minimum absolute atomic E-state index is 0.216. The minimum atomic E-state index is 0.216. The molecule has 0 heterocycles. The molecular formula is C11H9ClO2. The monoisotopic (exact) mass is 208 g/mol. The zero-order chi connectivity index (χ0) is 10.4. The third kappa shape index (κ3) is 2.79. The number of halogens is 1. The van der Waals surface area contributed by atoms with Gasteiger partial charge in [0, 0.05) is 5.56 Å². The summed E-state index contributed by atoms with van der Waals surface area (Å²) in [7, 11) is 1.58. The lowest BCUT2D eigenvalue weighted by Gasteiger charge is -2.00. The fourth-order valence-corrected chi connectivity index (χ4v) is 1.08. The Kier molecular flexibility index (Phi) is 4.03. The van der Waals surface area contributed by atoms with E-state index in [2.05, 4.69) is 11.8 Å². The van der Waals surface area contributed by atoms with E-state index >= 15 is 0 Å². The van der Waals surface area contributed by atoms with Crippen LogP contribution in [0.5, 0.6) is 5.75 Å². The molecule has 2 nitrogen and oxygen atoms in total. The molecule has 0 aliphatic heterocycles. The lowest BCUT2D eigenvalue weighted by molar-refractivity contribution is -0.107. The summed E-state index contributed by atoms with van der Waals surface area (Å²) in [5.41, 5.74) is 0.674. The van der Waals surface area contributed by atoms with E-state index in [1.807, 2.05) is 0 Å². The largest absolute Gasteiger partial charge is 0.497 e. The van der Waals surface area contributed by atoms with Gasteiger partial charge < -0.3 is 9.53 Å². The number of carbonyl (C=O) groups excluding carboxylic acids is 1. The molecule has 0 amide bonds. The van der Waals surface area contributed by atoms with E-state index in [0.717, 1.165) is 6.29 Å². The second-order valence-corrected chi connectivity index (χ2v) is 2.93. The van der Waals surface area contributed by atoms with Crippen LogP contribution < -0.4 is 4.74 Å². The lowest BCUT2D eigenvalue weighted by atomic mass is 10.2. The molecule has 1 aromatic carbocycles. The van der Waals surface area contributed by atoms with Crippen LogP contribution in [0.1, 0.15) is 12.0 Å². The van der Waals surface area contributed by atoms with Crippen molar-refractivity contribution in [1.29, 1.82) is 0 Å². The topological polar surface area (TPSA) is 26.3 Å². The van der Waals surface area contributed by atoms with Gasteiger partial charge in [-0.3, -0.25) is 0 Å². The Balaban J connectivity index is 2.96. The van der Waals surface area contributed by atoms with E-state index in [-0.39, 0.29) is 6.42 Å². The molecule has 0 fully saturated rings. The van der Waals surface area contributed by atoms with Gasteiger partial charge >= 0.3 is 0 Å². The van der Waals surface area contributed by atoms with Crippen molar-refractivity contribution in [3.05, 3.63) is 28.8 Å². The predicted molar refractivity (Wildman–Crippen MR) is 55.6 cm³/mol. The quantitative estimate of drug-likeness (QED) is 0.551. The van der Waals surface area contributed by atoms with E-state index in [9.17, 15) is 4.79 Å². The van der Waals surface area contributed by atoms with E-state index in [1.54, 1.807) is 25.3 Å². The number of hydrogen-bond acceptors (Lipinski definition) is 2. The zero-order valence-electron chi connectivity index (χ0n) is 7.71. The number of aldehydes is 1. The number of ether oxygens (including phenoxy) is 1. The Morgan fingerprint density at radius 2 is 2.36 bits per heavy atom. The Morgan fingerprint density at radius 1 is 1.57 bits per heavy atom. The van der Waals surface area contributed by atoms with Crippen molar-refractivity contribution in [2.45, 2.75) is 6.42 Å². The first-order chi connectivity index (χ1) is 6.77. The van der Waals surface area contributed by atoms with E-state index in [4.69, 9.17) is 16.3 Å². The van der Waals surface area contributed by atoms with Crippen LogP contribution in [0.4, 0.5) is 0 Å². The molecule has 1 aromatic rings. The molecule has 0 radical (unpaired) electrons. The Hall–Kier alpha value is -1.46. The van der Waals surface area contributed by atoms with Crippen LogP contribution in [0.3, 0.4) is 0 Å². The molecule has 0 atom stereocenters. The summed E-state index contributed by atoms with van der Waals surface area (Å²) >= 11 is 5.89. The fourth-order valence-electron chi connectivity index (χ4n) is 0.915. The third-order valence-corrected chi connectivity index (χ3v) is 1.91. The van der Waals surface area contributed by atoms with E-state index < -0.39 is 0 Å². The standard InChI is InChI=1S/C11H9ClO2/c1-14-10-5-6-11(12)9(8-10)4-2-3-7-13/h5-8H,3H2,1H3. The van der Waals surface area contributed by atoms with Gasteiger partial charge in [0.2, 0.25) is 0 Å². The van der Waals surface area contributed by atoms with Gasteiger partial charge in [0.1, 0.15) is 12.0 Å². The molecule has 0 aromatic heterocycles.